The quantitative estimate of drug-likeness (QED) is 0.707. The maximum absolute atomic E-state index is 4.19. The van der Waals surface area contributed by atoms with E-state index in [-0.39, 0.29) is 0 Å². The van der Waals surface area contributed by atoms with E-state index in [1.807, 2.05) is 24.0 Å². The first-order chi connectivity index (χ1) is 5.86. The fraction of sp³-hybridized carbons (Fsp3) is 0.250. The van der Waals surface area contributed by atoms with E-state index in [9.17, 15) is 0 Å². The second-order valence-electron chi connectivity index (χ2n) is 2.67. The number of rotatable bonds is 2. The molecule has 0 atom stereocenters. The molecule has 0 spiro atoms. The van der Waals surface area contributed by atoms with E-state index >= 15 is 0 Å². The van der Waals surface area contributed by atoms with Crippen LogP contribution in [0.4, 0.5) is 0 Å². The molecule has 0 saturated carbocycles. The molecular weight excluding hydrogens is 152 g/mol. The predicted octanol–water partition coefficient (Wildman–Crippen LogP) is 0.734. The second kappa shape index (κ2) is 2.81. The van der Waals surface area contributed by atoms with Gasteiger partial charge in [0.2, 0.25) is 0 Å². The van der Waals surface area contributed by atoms with Crippen LogP contribution >= 0.6 is 0 Å². The summed E-state index contributed by atoms with van der Waals surface area (Å²) >= 11 is 0. The molecule has 0 saturated heterocycles. The molecule has 0 aliphatic carbocycles. The van der Waals surface area contributed by atoms with Crippen LogP contribution < -0.4 is 0 Å². The van der Waals surface area contributed by atoms with Crippen molar-refractivity contribution in [2.45, 2.75) is 6.42 Å². The van der Waals surface area contributed by atoms with Crippen molar-refractivity contribution < 1.29 is 0 Å². The third-order valence-corrected chi connectivity index (χ3v) is 1.80. The number of aromatic nitrogens is 4. The maximum Gasteiger partial charge on any atom is 0.115 e. The topological polar surface area (TPSA) is 46.5 Å². The average molecular weight is 162 g/mol. The zero-order valence-corrected chi connectivity index (χ0v) is 6.86. The lowest BCUT2D eigenvalue weighted by Crippen LogP contribution is -1.99. The van der Waals surface area contributed by atoms with Crippen LogP contribution in [0.2, 0.25) is 0 Å². The molecular formula is C8H10N4. The van der Waals surface area contributed by atoms with Gasteiger partial charge in [-0.3, -0.25) is 0 Å². The minimum absolute atomic E-state index is 0.760. The molecule has 0 aromatic carbocycles. The molecule has 2 heterocycles. The Bertz CT molecular complexity index is 347. The van der Waals surface area contributed by atoms with Crippen LogP contribution in [0, 0.1) is 0 Å². The van der Waals surface area contributed by atoms with Gasteiger partial charge in [0.25, 0.3) is 0 Å². The first kappa shape index (κ1) is 7.09. The van der Waals surface area contributed by atoms with Crippen molar-refractivity contribution in [1.29, 1.82) is 0 Å². The monoisotopic (exact) mass is 162 g/mol. The lowest BCUT2D eigenvalue weighted by atomic mass is 10.4. The number of nitrogens with zero attached hydrogens (tertiary/aromatic N) is 3. The minimum Gasteiger partial charge on any atom is -0.348 e. The number of aromatic amines is 1. The Hall–Kier alpha value is -1.58. The summed E-state index contributed by atoms with van der Waals surface area (Å²) in [5.74, 6) is 1.97. The molecule has 12 heavy (non-hydrogen) atoms. The molecule has 1 N–H and O–H groups in total. The van der Waals surface area contributed by atoms with E-state index in [0.717, 1.165) is 18.1 Å². The standard InChI is InChI=1S/C8H10N4/c1-12-5-4-11-8(12)6-7-9-2-3-10-7/h2-5H,6H2,1H3,(H,9,10). The van der Waals surface area contributed by atoms with E-state index in [1.54, 1.807) is 12.4 Å². The molecule has 2 rings (SSSR count). The number of aryl methyl sites for hydroxylation is 1. The summed E-state index contributed by atoms with van der Waals surface area (Å²) in [6.45, 7) is 0. The van der Waals surface area contributed by atoms with Gasteiger partial charge >= 0.3 is 0 Å². The van der Waals surface area contributed by atoms with Crippen LogP contribution in [-0.4, -0.2) is 19.5 Å². The van der Waals surface area contributed by atoms with Crippen LogP contribution in [-0.2, 0) is 13.5 Å². The lowest BCUT2D eigenvalue weighted by Gasteiger charge is -1.97. The summed E-state index contributed by atoms with van der Waals surface area (Å²) in [5, 5.41) is 0. The highest BCUT2D eigenvalue weighted by atomic mass is 15.0. The molecule has 4 heteroatoms. The van der Waals surface area contributed by atoms with Crippen molar-refractivity contribution >= 4 is 0 Å². The molecule has 0 radical (unpaired) electrons. The smallest absolute Gasteiger partial charge is 0.115 e. The Morgan fingerprint density at radius 3 is 2.92 bits per heavy atom. The van der Waals surface area contributed by atoms with Gasteiger partial charge in [0.1, 0.15) is 11.6 Å². The van der Waals surface area contributed by atoms with Crippen molar-refractivity contribution in [2.75, 3.05) is 0 Å². The summed E-state index contributed by atoms with van der Waals surface area (Å²) in [6.07, 6.45) is 8.05. The van der Waals surface area contributed by atoms with Gasteiger partial charge in [-0.2, -0.15) is 0 Å². The van der Waals surface area contributed by atoms with Gasteiger partial charge in [0.15, 0.2) is 0 Å². The van der Waals surface area contributed by atoms with Gasteiger partial charge in [-0.15, -0.1) is 0 Å². The molecule has 0 aliphatic heterocycles. The Balaban J connectivity index is 2.20. The highest BCUT2D eigenvalue weighted by Crippen LogP contribution is 2.00. The van der Waals surface area contributed by atoms with Gasteiger partial charge in [-0.1, -0.05) is 0 Å². The van der Waals surface area contributed by atoms with Crippen molar-refractivity contribution in [3.63, 3.8) is 0 Å². The highest BCUT2D eigenvalue weighted by Gasteiger charge is 2.01. The van der Waals surface area contributed by atoms with E-state index < -0.39 is 0 Å². The van der Waals surface area contributed by atoms with Crippen LogP contribution in [0.1, 0.15) is 11.6 Å². The number of hydrogen-bond donors (Lipinski definition) is 1. The first-order valence-electron chi connectivity index (χ1n) is 3.81. The van der Waals surface area contributed by atoms with Crippen LogP contribution in [0.15, 0.2) is 24.8 Å². The average Bonchev–Trinajstić information content (AvgIpc) is 2.65. The molecule has 62 valence electrons. The Labute approximate surface area is 70.3 Å². The van der Waals surface area contributed by atoms with E-state index in [2.05, 4.69) is 15.0 Å². The fourth-order valence-corrected chi connectivity index (χ4v) is 1.11. The summed E-state index contributed by atoms with van der Waals surface area (Å²) in [6, 6.07) is 0. The number of H-pyrrole nitrogens is 1. The fourth-order valence-electron chi connectivity index (χ4n) is 1.11. The van der Waals surface area contributed by atoms with Gasteiger partial charge in [0.05, 0.1) is 6.42 Å². The SMILES string of the molecule is Cn1ccnc1Cc1ncc[nH]1. The number of imidazole rings is 2. The van der Waals surface area contributed by atoms with E-state index in [4.69, 9.17) is 0 Å². The van der Waals surface area contributed by atoms with Gasteiger partial charge in [-0.25, -0.2) is 9.97 Å². The first-order valence-corrected chi connectivity index (χ1v) is 3.81. The Morgan fingerprint density at radius 1 is 1.42 bits per heavy atom. The molecule has 0 aliphatic rings. The van der Waals surface area contributed by atoms with Crippen LogP contribution in [0.3, 0.4) is 0 Å². The zero-order valence-electron chi connectivity index (χ0n) is 6.86. The molecule has 0 amide bonds. The van der Waals surface area contributed by atoms with E-state index in [1.165, 1.54) is 0 Å². The van der Waals surface area contributed by atoms with Crippen molar-refractivity contribution in [3.8, 4) is 0 Å². The summed E-state index contributed by atoms with van der Waals surface area (Å²) in [5.41, 5.74) is 0. The van der Waals surface area contributed by atoms with Crippen molar-refractivity contribution in [2.24, 2.45) is 7.05 Å². The molecule has 2 aromatic rings. The third-order valence-electron chi connectivity index (χ3n) is 1.80. The predicted molar refractivity (Wildman–Crippen MR) is 44.6 cm³/mol. The summed E-state index contributed by atoms with van der Waals surface area (Å²) in [4.78, 5) is 11.4. The van der Waals surface area contributed by atoms with Gasteiger partial charge in [-0.05, 0) is 0 Å². The Kier molecular flexibility index (Phi) is 1.66. The second-order valence-corrected chi connectivity index (χ2v) is 2.67. The number of hydrogen-bond acceptors (Lipinski definition) is 2. The molecule has 4 nitrogen and oxygen atoms in total. The summed E-state index contributed by atoms with van der Waals surface area (Å²) < 4.78 is 1.99. The lowest BCUT2D eigenvalue weighted by molar-refractivity contribution is 0.802. The Morgan fingerprint density at radius 2 is 2.33 bits per heavy atom. The van der Waals surface area contributed by atoms with Crippen LogP contribution in [0.25, 0.3) is 0 Å². The van der Waals surface area contributed by atoms with Crippen LogP contribution in [0.5, 0.6) is 0 Å². The van der Waals surface area contributed by atoms with Gasteiger partial charge in [0, 0.05) is 31.8 Å². The normalized spacial score (nSPS) is 10.4. The van der Waals surface area contributed by atoms with E-state index in [0.29, 0.717) is 0 Å². The molecule has 0 fully saturated rings. The maximum atomic E-state index is 4.19. The van der Waals surface area contributed by atoms with Gasteiger partial charge < -0.3 is 9.55 Å². The third kappa shape index (κ3) is 1.23. The zero-order chi connectivity index (χ0) is 8.39. The minimum atomic E-state index is 0.760. The highest BCUT2D eigenvalue weighted by molar-refractivity contribution is 5.01. The van der Waals surface area contributed by atoms with Crippen molar-refractivity contribution in [3.05, 3.63) is 36.4 Å². The largest absolute Gasteiger partial charge is 0.348 e. The van der Waals surface area contributed by atoms with Crippen molar-refractivity contribution in [1.82, 2.24) is 19.5 Å². The number of nitrogens with one attached hydrogen (secondary N) is 1. The summed E-state index contributed by atoms with van der Waals surface area (Å²) in [7, 11) is 1.98. The molecule has 0 bridgehead atoms. The molecule has 2 aromatic heterocycles. The molecule has 0 unspecified atom stereocenters.